The molecular formula is C20H28N4O2. The van der Waals surface area contributed by atoms with Gasteiger partial charge in [-0.1, -0.05) is 39.0 Å². The number of aromatic amines is 1. The first-order chi connectivity index (χ1) is 12.8. The van der Waals surface area contributed by atoms with Crippen molar-refractivity contribution in [2.45, 2.75) is 45.4 Å². The zero-order chi connectivity index (χ0) is 18.5. The molecule has 2 aromatic rings. The van der Waals surface area contributed by atoms with Crippen LogP contribution in [0.25, 0.3) is 0 Å². The van der Waals surface area contributed by atoms with E-state index in [-0.39, 0.29) is 0 Å². The maximum atomic E-state index is 11.8. The van der Waals surface area contributed by atoms with E-state index in [2.05, 4.69) is 27.8 Å². The van der Waals surface area contributed by atoms with Crippen LogP contribution in [0.4, 0.5) is 10.5 Å². The lowest BCUT2D eigenvalue weighted by molar-refractivity contribution is 0.252. The average Bonchev–Trinajstić information content (AvgIpc) is 3.16. The van der Waals surface area contributed by atoms with Gasteiger partial charge in [-0.15, -0.1) is 0 Å². The first kappa shape index (κ1) is 19.6. The summed E-state index contributed by atoms with van der Waals surface area (Å²) in [6.45, 7) is 2.95. The van der Waals surface area contributed by atoms with Crippen molar-refractivity contribution in [2.24, 2.45) is 5.10 Å². The Bertz CT molecular complexity index is 651. The zero-order valence-electron chi connectivity index (χ0n) is 15.3. The van der Waals surface area contributed by atoms with Gasteiger partial charge < -0.3 is 15.0 Å². The number of ether oxygens (including phenoxy) is 1. The molecule has 0 unspecified atom stereocenters. The van der Waals surface area contributed by atoms with Crippen molar-refractivity contribution in [2.75, 3.05) is 11.9 Å². The lowest BCUT2D eigenvalue weighted by atomic mass is 10.1. The van der Waals surface area contributed by atoms with Crippen LogP contribution in [0.5, 0.6) is 5.75 Å². The van der Waals surface area contributed by atoms with Crippen LogP contribution in [0, 0.1) is 0 Å². The van der Waals surface area contributed by atoms with Crippen LogP contribution in [-0.2, 0) is 0 Å². The number of carbonyl (C=O) groups is 1. The number of anilines is 1. The molecule has 0 radical (unpaired) electrons. The molecule has 3 N–H and O–H groups in total. The molecule has 0 saturated carbocycles. The van der Waals surface area contributed by atoms with E-state index >= 15 is 0 Å². The van der Waals surface area contributed by atoms with Crippen molar-refractivity contribution in [3.8, 4) is 5.75 Å². The summed E-state index contributed by atoms with van der Waals surface area (Å²) in [5, 5.41) is 6.58. The summed E-state index contributed by atoms with van der Waals surface area (Å²) in [6.07, 6.45) is 10.8. The molecule has 0 aliphatic heterocycles. The fourth-order valence-electron chi connectivity index (χ4n) is 2.45. The summed E-state index contributed by atoms with van der Waals surface area (Å²) >= 11 is 0. The molecule has 6 nitrogen and oxygen atoms in total. The highest BCUT2D eigenvalue weighted by Gasteiger charge is 2.01. The van der Waals surface area contributed by atoms with Gasteiger partial charge >= 0.3 is 6.03 Å². The van der Waals surface area contributed by atoms with Crippen molar-refractivity contribution in [1.29, 1.82) is 0 Å². The molecular weight excluding hydrogens is 328 g/mol. The van der Waals surface area contributed by atoms with Gasteiger partial charge in [0.05, 0.1) is 18.5 Å². The highest BCUT2D eigenvalue weighted by atomic mass is 16.5. The van der Waals surface area contributed by atoms with Gasteiger partial charge in [-0.05, 0) is 42.8 Å². The van der Waals surface area contributed by atoms with E-state index in [1.807, 2.05) is 36.4 Å². The third-order valence-electron chi connectivity index (χ3n) is 3.87. The normalized spacial score (nSPS) is 10.8. The first-order valence-corrected chi connectivity index (χ1v) is 9.24. The summed E-state index contributed by atoms with van der Waals surface area (Å²) in [4.78, 5) is 14.7. The van der Waals surface area contributed by atoms with Crippen LogP contribution in [0.1, 0.15) is 51.1 Å². The molecule has 0 aliphatic carbocycles. The van der Waals surface area contributed by atoms with E-state index in [4.69, 9.17) is 4.74 Å². The van der Waals surface area contributed by atoms with E-state index in [9.17, 15) is 4.79 Å². The van der Waals surface area contributed by atoms with E-state index < -0.39 is 6.03 Å². The molecule has 26 heavy (non-hydrogen) atoms. The largest absolute Gasteiger partial charge is 0.494 e. The Hall–Kier alpha value is -2.76. The molecule has 2 amide bonds. The summed E-state index contributed by atoms with van der Waals surface area (Å²) in [5.41, 5.74) is 3.92. The van der Waals surface area contributed by atoms with Crippen LogP contribution in [-0.4, -0.2) is 23.8 Å². The smallest absolute Gasteiger partial charge is 0.339 e. The number of carbonyl (C=O) groups excluding carboxylic acids is 1. The second kappa shape index (κ2) is 11.7. The van der Waals surface area contributed by atoms with E-state index in [0.29, 0.717) is 5.69 Å². The highest BCUT2D eigenvalue weighted by molar-refractivity contribution is 5.90. The maximum Gasteiger partial charge on any atom is 0.339 e. The Morgan fingerprint density at radius 1 is 1.12 bits per heavy atom. The second-order valence-electron chi connectivity index (χ2n) is 6.09. The second-order valence-corrected chi connectivity index (χ2v) is 6.09. The topological polar surface area (TPSA) is 78.5 Å². The third kappa shape index (κ3) is 7.88. The Morgan fingerprint density at radius 2 is 1.88 bits per heavy atom. The van der Waals surface area contributed by atoms with Crippen LogP contribution >= 0.6 is 0 Å². The number of rotatable bonds is 11. The zero-order valence-corrected chi connectivity index (χ0v) is 15.3. The predicted octanol–water partition coefficient (Wildman–Crippen LogP) is 4.91. The number of unbranched alkanes of at least 4 members (excludes halogenated alkanes) is 5. The number of benzene rings is 1. The predicted molar refractivity (Wildman–Crippen MR) is 106 cm³/mol. The van der Waals surface area contributed by atoms with Gasteiger partial charge in [0.25, 0.3) is 0 Å². The minimum Gasteiger partial charge on any atom is -0.494 e. The van der Waals surface area contributed by atoms with Crippen molar-refractivity contribution >= 4 is 17.9 Å². The third-order valence-corrected chi connectivity index (χ3v) is 3.87. The number of nitrogens with one attached hydrogen (secondary N) is 3. The quantitative estimate of drug-likeness (QED) is 0.304. The molecule has 0 atom stereocenters. The van der Waals surface area contributed by atoms with Crippen molar-refractivity contribution < 1.29 is 9.53 Å². The van der Waals surface area contributed by atoms with E-state index in [0.717, 1.165) is 24.5 Å². The lowest BCUT2D eigenvalue weighted by Crippen LogP contribution is -2.24. The Morgan fingerprint density at radius 3 is 2.62 bits per heavy atom. The van der Waals surface area contributed by atoms with Gasteiger partial charge in [-0.2, -0.15) is 5.10 Å². The number of amides is 2. The van der Waals surface area contributed by atoms with Gasteiger partial charge in [0.2, 0.25) is 0 Å². The van der Waals surface area contributed by atoms with Gasteiger partial charge in [-0.25, -0.2) is 10.2 Å². The molecule has 1 aromatic carbocycles. The van der Waals surface area contributed by atoms with Crippen LogP contribution < -0.4 is 15.5 Å². The van der Waals surface area contributed by atoms with Crippen molar-refractivity contribution in [1.82, 2.24) is 10.4 Å². The van der Waals surface area contributed by atoms with Gasteiger partial charge in [0, 0.05) is 11.9 Å². The molecule has 1 heterocycles. The Kier molecular flexibility index (Phi) is 8.83. The van der Waals surface area contributed by atoms with Crippen LogP contribution in [0.2, 0.25) is 0 Å². The molecule has 6 heteroatoms. The van der Waals surface area contributed by atoms with Gasteiger partial charge in [0.1, 0.15) is 5.75 Å². The number of urea groups is 1. The highest BCUT2D eigenvalue weighted by Crippen LogP contribution is 2.16. The molecule has 0 spiro atoms. The van der Waals surface area contributed by atoms with E-state index in [1.54, 1.807) is 12.4 Å². The molecule has 0 fully saturated rings. The fourth-order valence-corrected chi connectivity index (χ4v) is 2.45. The van der Waals surface area contributed by atoms with Crippen LogP contribution in [0.15, 0.2) is 47.7 Å². The first-order valence-electron chi connectivity index (χ1n) is 9.24. The number of hydrogen-bond acceptors (Lipinski definition) is 3. The van der Waals surface area contributed by atoms with E-state index in [1.165, 1.54) is 32.1 Å². The number of H-pyrrole nitrogens is 1. The molecule has 0 saturated heterocycles. The maximum absolute atomic E-state index is 11.8. The summed E-state index contributed by atoms with van der Waals surface area (Å²) in [7, 11) is 0. The van der Waals surface area contributed by atoms with Crippen molar-refractivity contribution in [3.63, 3.8) is 0 Å². The van der Waals surface area contributed by atoms with Crippen LogP contribution in [0.3, 0.4) is 0 Å². The SMILES string of the molecule is CCCCCCCCOc1ccc(NC(=O)N/N=C/c2ccc[nH]2)cc1. The fraction of sp³-hybridized carbons (Fsp3) is 0.400. The molecule has 2 rings (SSSR count). The molecule has 1 aromatic heterocycles. The minimum absolute atomic E-state index is 0.395. The van der Waals surface area contributed by atoms with Gasteiger partial charge in [-0.3, -0.25) is 0 Å². The Labute approximate surface area is 155 Å². The number of hydrazone groups is 1. The minimum atomic E-state index is -0.395. The molecule has 0 bridgehead atoms. The van der Waals surface area contributed by atoms with Crippen molar-refractivity contribution in [3.05, 3.63) is 48.3 Å². The summed E-state index contributed by atoms with van der Waals surface area (Å²) in [5.74, 6) is 0.814. The monoisotopic (exact) mass is 356 g/mol. The lowest BCUT2D eigenvalue weighted by Gasteiger charge is -2.08. The Balaban J connectivity index is 1.62. The average molecular weight is 356 g/mol. The summed E-state index contributed by atoms with van der Waals surface area (Å²) in [6, 6.07) is 10.7. The summed E-state index contributed by atoms with van der Waals surface area (Å²) < 4.78 is 5.72. The molecule has 0 aliphatic rings. The van der Waals surface area contributed by atoms with Gasteiger partial charge in [0.15, 0.2) is 0 Å². The number of hydrogen-bond donors (Lipinski definition) is 3. The number of nitrogens with zero attached hydrogens (tertiary/aromatic N) is 1. The molecule has 140 valence electrons. The number of aromatic nitrogens is 1. The standard InChI is InChI=1S/C20H28N4O2/c1-2-3-4-5-6-7-15-26-19-12-10-17(11-13-19)23-20(25)24-22-16-18-9-8-14-21-18/h8-14,16,21H,2-7,15H2,1H3,(H2,23,24,25)/b22-16+.